The monoisotopic (exact) mass is 347 g/mol. The molecule has 2 amide bonds. The fourth-order valence-corrected chi connectivity index (χ4v) is 3.55. The van der Waals surface area contributed by atoms with Gasteiger partial charge in [0.05, 0.1) is 0 Å². The van der Waals surface area contributed by atoms with Gasteiger partial charge in [0.2, 0.25) is 5.82 Å². The SMILES string of the molecule is C[C@@H](c1ccsc1)N1CCN(C(=O)Nc2nccn(C)c2=O)CC1. The van der Waals surface area contributed by atoms with Crippen molar-refractivity contribution in [3.05, 3.63) is 45.1 Å². The van der Waals surface area contributed by atoms with Crippen LogP contribution in [0, 0.1) is 0 Å². The lowest BCUT2D eigenvalue weighted by atomic mass is 10.1. The molecule has 0 saturated carbocycles. The molecule has 1 aliphatic rings. The van der Waals surface area contributed by atoms with Gasteiger partial charge >= 0.3 is 6.03 Å². The Morgan fingerprint density at radius 2 is 2.08 bits per heavy atom. The Hall–Kier alpha value is -2.19. The molecule has 0 unspecified atom stereocenters. The molecule has 0 bridgehead atoms. The summed E-state index contributed by atoms with van der Waals surface area (Å²) in [6.07, 6.45) is 3.06. The number of carbonyl (C=O) groups is 1. The summed E-state index contributed by atoms with van der Waals surface area (Å²) < 4.78 is 1.39. The summed E-state index contributed by atoms with van der Waals surface area (Å²) in [7, 11) is 1.63. The first-order chi connectivity index (χ1) is 11.6. The van der Waals surface area contributed by atoms with Crippen LogP contribution >= 0.6 is 11.3 Å². The maximum atomic E-state index is 12.3. The maximum absolute atomic E-state index is 12.3. The Morgan fingerprint density at radius 1 is 1.33 bits per heavy atom. The van der Waals surface area contributed by atoms with Crippen molar-refractivity contribution in [3.63, 3.8) is 0 Å². The van der Waals surface area contributed by atoms with E-state index in [0.717, 1.165) is 13.1 Å². The van der Waals surface area contributed by atoms with E-state index in [1.165, 1.54) is 16.3 Å². The molecular weight excluding hydrogens is 326 g/mol. The van der Waals surface area contributed by atoms with E-state index in [4.69, 9.17) is 0 Å². The molecule has 2 aromatic heterocycles. The number of piperazine rings is 1. The predicted octanol–water partition coefficient (Wildman–Crippen LogP) is 1.75. The first-order valence-corrected chi connectivity index (χ1v) is 8.84. The lowest BCUT2D eigenvalue weighted by Gasteiger charge is -2.37. The Morgan fingerprint density at radius 3 is 2.75 bits per heavy atom. The van der Waals surface area contributed by atoms with E-state index in [2.05, 4.69) is 39.0 Å². The third-order valence-corrected chi connectivity index (χ3v) is 5.12. The number of hydrogen-bond donors (Lipinski definition) is 1. The molecule has 1 saturated heterocycles. The molecule has 2 aromatic rings. The largest absolute Gasteiger partial charge is 0.323 e. The molecule has 3 heterocycles. The Balaban J connectivity index is 1.57. The van der Waals surface area contributed by atoms with Gasteiger partial charge in [0.15, 0.2) is 0 Å². The van der Waals surface area contributed by atoms with Crippen LogP contribution in [0.3, 0.4) is 0 Å². The van der Waals surface area contributed by atoms with Crippen molar-refractivity contribution < 1.29 is 4.79 Å². The lowest BCUT2D eigenvalue weighted by Crippen LogP contribution is -2.50. The summed E-state index contributed by atoms with van der Waals surface area (Å²) in [5, 5.41) is 6.87. The van der Waals surface area contributed by atoms with Gasteiger partial charge in [0.1, 0.15) is 0 Å². The van der Waals surface area contributed by atoms with Crippen LogP contribution in [0.2, 0.25) is 0 Å². The van der Waals surface area contributed by atoms with Crippen LogP contribution in [0.15, 0.2) is 34.0 Å². The number of anilines is 1. The molecular formula is C16H21N5O2S. The Bertz CT molecular complexity index is 750. The van der Waals surface area contributed by atoms with Crippen molar-refractivity contribution in [1.29, 1.82) is 0 Å². The molecule has 3 rings (SSSR count). The van der Waals surface area contributed by atoms with E-state index in [-0.39, 0.29) is 17.4 Å². The normalized spacial score (nSPS) is 16.8. The first-order valence-electron chi connectivity index (χ1n) is 7.90. The highest BCUT2D eigenvalue weighted by atomic mass is 32.1. The second kappa shape index (κ2) is 7.14. The summed E-state index contributed by atoms with van der Waals surface area (Å²) in [5.74, 6) is 0.0686. The van der Waals surface area contributed by atoms with Gasteiger partial charge in [-0.25, -0.2) is 9.78 Å². The number of rotatable bonds is 3. The fraction of sp³-hybridized carbons (Fsp3) is 0.438. The molecule has 8 heteroatoms. The summed E-state index contributed by atoms with van der Waals surface area (Å²) in [6, 6.07) is 2.23. The highest BCUT2D eigenvalue weighted by Crippen LogP contribution is 2.23. The molecule has 0 radical (unpaired) electrons. The van der Waals surface area contributed by atoms with E-state index >= 15 is 0 Å². The number of nitrogens with zero attached hydrogens (tertiary/aromatic N) is 4. The minimum atomic E-state index is -0.310. The molecule has 1 fully saturated rings. The number of hydrogen-bond acceptors (Lipinski definition) is 5. The molecule has 24 heavy (non-hydrogen) atoms. The van der Waals surface area contributed by atoms with Crippen LogP contribution in [-0.4, -0.2) is 51.6 Å². The molecule has 1 aliphatic heterocycles. The van der Waals surface area contributed by atoms with Gasteiger partial charge in [0, 0.05) is 51.7 Å². The van der Waals surface area contributed by atoms with Crippen molar-refractivity contribution in [2.75, 3.05) is 31.5 Å². The van der Waals surface area contributed by atoms with Gasteiger partial charge in [-0.2, -0.15) is 11.3 Å². The number of aryl methyl sites for hydroxylation is 1. The standard InChI is InChI=1S/C16H21N5O2S/c1-12(13-3-10-24-11-13)20-6-8-21(9-7-20)16(23)18-14-15(22)19(2)5-4-17-14/h3-5,10-12H,6-9H2,1-2H3,(H,17,18,23)/t12-/m0/s1. The average molecular weight is 347 g/mol. The van der Waals surface area contributed by atoms with E-state index in [0.29, 0.717) is 19.1 Å². The van der Waals surface area contributed by atoms with Crippen LogP contribution in [0.25, 0.3) is 0 Å². The van der Waals surface area contributed by atoms with Crippen molar-refractivity contribution >= 4 is 23.2 Å². The van der Waals surface area contributed by atoms with Crippen LogP contribution in [0.5, 0.6) is 0 Å². The Labute approximate surface area is 144 Å². The number of urea groups is 1. The second-order valence-electron chi connectivity index (χ2n) is 5.88. The average Bonchev–Trinajstić information content (AvgIpc) is 3.13. The molecule has 1 atom stereocenters. The number of aromatic nitrogens is 2. The Kier molecular flexibility index (Phi) is 4.96. The predicted molar refractivity (Wildman–Crippen MR) is 94.4 cm³/mol. The molecule has 128 valence electrons. The topological polar surface area (TPSA) is 70.5 Å². The zero-order chi connectivity index (χ0) is 17.1. The molecule has 0 spiro atoms. The maximum Gasteiger partial charge on any atom is 0.323 e. The smallest absolute Gasteiger partial charge is 0.322 e. The second-order valence-corrected chi connectivity index (χ2v) is 6.66. The minimum Gasteiger partial charge on any atom is -0.322 e. The quantitative estimate of drug-likeness (QED) is 0.918. The van der Waals surface area contributed by atoms with E-state index < -0.39 is 0 Å². The van der Waals surface area contributed by atoms with Crippen LogP contribution in [-0.2, 0) is 7.05 Å². The van der Waals surface area contributed by atoms with Gasteiger partial charge in [-0.1, -0.05) is 0 Å². The fourth-order valence-electron chi connectivity index (χ4n) is 2.80. The van der Waals surface area contributed by atoms with Crippen molar-refractivity contribution in [2.45, 2.75) is 13.0 Å². The van der Waals surface area contributed by atoms with E-state index in [9.17, 15) is 9.59 Å². The van der Waals surface area contributed by atoms with E-state index in [1.807, 2.05) is 0 Å². The highest BCUT2D eigenvalue weighted by molar-refractivity contribution is 7.07. The molecule has 0 aliphatic carbocycles. The summed E-state index contributed by atoms with van der Waals surface area (Å²) >= 11 is 1.70. The molecule has 1 N–H and O–H groups in total. The van der Waals surface area contributed by atoms with Crippen molar-refractivity contribution in [3.8, 4) is 0 Å². The number of nitrogens with one attached hydrogen (secondary N) is 1. The van der Waals surface area contributed by atoms with Gasteiger partial charge in [-0.15, -0.1) is 0 Å². The highest BCUT2D eigenvalue weighted by Gasteiger charge is 2.25. The summed E-state index contributed by atoms with van der Waals surface area (Å²) in [6.45, 7) is 5.08. The summed E-state index contributed by atoms with van der Waals surface area (Å²) in [4.78, 5) is 32.3. The summed E-state index contributed by atoms with van der Waals surface area (Å²) in [5.41, 5.74) is 1.01. The van der Waals surface area contributed by atoms with Crippen LogP contribution < -0.4 is 10.9 Å². The zero-order valence-corrected chi connectivity index (χ0v) is 14.6. The van der Waals surface area contributed by atoms with Crippen molar-refractivity contribution in [2.24, 2.45) is 7.05 Å². The molecule has 7 nitrogen and oxygen atoms in total. The third kappa shape index (κ3) is 3.49. The third-order valence-electron chi connectivity index (χ3n) is 4.42. The zero-order valence-electron chi connectivity index (χ0n) is 13.8. The van der Waals surface area contributed by atoms with Gasteiger partial charge in [-0.05, 0) is 29.3 Å². The van der Waals surface area contributed by atoms with Gasteiger partial charge in [0.25, 0.3) is 5.56 Å². The number of carbonyl (C=O) groups excluding carboxylic acids is 1. The van der Waals surface area contributed by atoms with Crippen LogP contribution in [0.1, 0.15) is 18.5 Å². The van der Waals surface area contributed by atoms with Crippen LogP contribution in [0.4, 0.5) is 10.6 Å². The lowest BCUT2D eigenvalue weighted by molar-refractivity contribution is 0.119. The first kappa shape index (κ1) is 16.7. The van der Waals surface area contributed by atoms with Gasteiger partial charge < -0.3 is 9.47 Å². The van der Waals surface area contributed by atoms with Gasteiger partial charge in [-0.3, -0.25) is 15.0 Å². The number of thiophene rings is 1. The molecule has 0 aromatic carbocycles. The number of amides is 2. The van der Waals surface area contributed by atoms with Crippen molar-refractivity contribution in [1.82, 2.24) is 19.4 Å². The minimum absolute atomic E-state index is 0.0686. The van der Waals surface area contributed by atoms with E-state index in [1.54, 1.807) is 29.5 Å².